The summed E-state index contributed by atoms with van der Waals surface area (Å²) in [6.45, 7) is 3.36. The molecule has 1 amide bonds. The molecule has 0 spiro atoms. The van der Waals surface area contributed by atoms with Crippen molar-refractivity contribution in [1.82, 2.24) is 26.1 Å². The molecule has 0 saturated carbocycles. The van der Waals surface area contributed by atoms with Crippen LogP contribution in [0.2, 0.25) is 5.02 Å². The van der Waals surface area contributed by atoms with Gasteiger partial charge in [-0.2, -0.15) is 4.98 Å². The number of aryl methyl sites for hydroxylation is 2. The minimum Gasteiger partial charge on any atom is -0.361 e. The van der Waals surface area contributed by atoms with Crippen molar-refractivity contribution in [2.24, 2.45) is 0 Å². The summed E-state index contributed by atoms with van der Waals surface area (Å²) in [5.74, 6) is -1.75. The first-order valence-electron chi connectivity index (χ1n) is 8.70. The number of thiocarbonyl (C=S) groups is 1. The van der Waals surface area contributed by atoms with E-state index in [1.54, 1.807) is 38.1 Å². The van der Waals surface area contributed by atoms with E-state index in [9.17, 15) is 13.2 Å². The monoisotopic (exact) mass is 484 g/mol. The Morgan fingerprint density at radius 1 is 1.19 bits per heavy atom. The topological polar surface area (TPSA) is 152 Å². The Hall–Kier alpha value is -3.03. The number of carbonyl (C=O) groups excluding carboxylic acids is 1. The number of sulfone groups is 1. The average molecular weight is 485 g/mol. The maximum Gasteiger partial charge on any atom is 0.263 e. The first-order chi connectivity index (χ1) is 14.6. The van der Waals surface area contributed by atoms with E-state index in [2.05, 4.69) is 31.5 Å². The maximum absolute atomic E-state index is 12.3. The molecule has 0 unspecified atom stereocenters. The van der Waals surface area contributed by atoms with Crippen LogP contribution in [0.4, 0.5) is 5.69 Å². The van der Waals surface area contributed by atoms with Gasteiger partial charge >= 0.3 is 0 Å². The summed E-state index contributed by atoms with van der Waals surface area (Å²) in [7, 11) is -3.88. The van der Waals surface area contributed by atoms with Crippen molar-refractivity contribution >= 4 is 50.4 Å². The second-order valence-corrected chi connectivity index (χ2v) is 9.29. The fourth-order valence-electron chi connectivity index (χ4n) is 2.54. The summed E-state index contributed by atoms with van der Waals surface area (Å²) >= 11 is 10.9. The van der Waals surface area contributed by atoms with Gasteiger partial charge in [0.15, 0.2) is 20.8 Å². The molecule has 14 heteroatoms. The Bertz CT molecular complexity index is 1200. The molecule has 1 aromatic carbocycles. The predicted molar refractivity (Wildman–Crippen MR) is 116 cm³/mol. The number of benzene rings is 1. The molecule has 0 saturated heterocycles. The van der Waals surface area contributed by atoms with Gasteiger partial charge in [0, 0.05) is 10.7 Å². The van der Waals surface area contributed by atoms with Crippen molar-refractivity contribution in [3.8, 4) is 11.5 Å². The lowest BCUT2D eigenvalue weighted by atomic mass is 10.2. The van der Waals surface area contributed by atoms with Crippen LogP contribution in [0.3, 0.4) is 0 Å². The lowest BCUT2D eigenvalue weighted by Gasteiger charge is -2.11. The number of anilines is 1. The van der Waals surface area contributed by atoms with Gasteiger partial charge in [-0.05, 0) is 44.3 Å². The fraction of sp³-hybridized carbons (Fsp3) is 0.235. The average Bonchev–Trinajstić information content (AvgIpc) is 3.25. The molecule has 3 rings (SSSR count). The number of nitrogens with one attached hydrogen (secondary N) is 3. The summed E-state index contributed by atoms with van der Waals surface area (Å²) in [5.41, 5.74) is 6.26. The molecule has 3 N–H and O–H groups in total. The Kier molecular flexibility index (Phi) is 6.87. The number of amides is 1. The van der Waals surface area contributed by atoms with Crippen molar-refractivity contribution in [2.75, 3.05) is 11.1 Å². The van der Waals surface area contributed by atoms with Crippen LogP contribution >= 0.6 is 23.8 Å². The Labute approximate surface area is 187 Å². The third-order valence-electron chi connectivity index (χ3n) is 3.81. The van der Waals surface area contributed by atoms with Gasteiger partial charge in [0.05, 0.1) is 5.69 Å². The second-order valence-electron chi connectivity index (χ2n) is 6.38. The first-order valence-corrected chi connectivity index (χ1v) is 11.3. The second kappa shape index (κ2) is 9.41. The molecule has 0 aliphatic heterocycles. The van der Waals surface area contributed by atoms with Gasteiger partial charge < -0.3 is 14.4 Å². The van der Waals surface area contributed by atoms with Crippen molar-refractivity contribution in [3.63, 3.8) is 0 Å². The molecule has 3 aromatic rings. The van der Waals surface area contributed by atoms with Crippen molar-refractivity contribution in [3.05, 3.63) is 46.6 Å². The highest BCUT2D eigenvalue weighted by molar-refractivity contribution is 7.91. The molecule has 0 radical (unpaired) electrons. The fourth-order valence-corrected chi connectivity index (χ4v) is 3.98. The standard InChI is InChI=1S/C17H17ClN6O5S2/c1-9-15(10(2)28-23-9)16-20-13(24-29-16)7-31(26,27)8-14(25)21-22-17(30)19-12-5-3-4-11(18)6-12/h3-6H,7-8H2,1-2H3,(H,21,25)(H2,19,22,30). The van der Waals surface area contributed by atoms with Crippen LogP contribution in [0.25, 0.3) is 11.5 Å². The number of rotatable bonds is 6. The highest BCUT2D eigenvalue weighted by Crippen LogP contribution is 2.25. The highest BCUT2D eigenvalue weighted by atomic mass is 35.5. The quantitative estimate of drug-likeness (QED) is 0.347. The van der Waals surface area contributed by atoms with Gasteiger partial charge in [0.2, 0.25) is 0 Å². The van der Waals surface area contributed by atoms with Crippen LogP contribution in [0, 0.1) is 13.8 Å². The molecule has 31 heavy (non-hydrogen) atoms. The van der Waals surface area contributed by atoms with E-state index in [0.717, 1.165) is 0 Å². The van der Waals surface area contributed by atoms with Crippen LogP contribution in [-0.2, 0) is 20.4 Å². The largest absolute Gasteiger partial charge is 0.361 e. The van der Waals surface area contributed by atoms with Crippen LogP contribution in [0.5, 0.6) is 0 Å². The molecular weight excluding hydrogens is 468 g/mol. The number of hydrazine groups is 1. The summed E-state index contributed by atoms with van der Waals surface area (Å²) in [6.07, 6.45) is 0. The number of halogens is 1. The van der Waals surface area contributed by atoms with Crippen molar-refractivity contribution in [1.29, 1.82) is 0 Å². The minimum atomic E-state index is -3.88. The van der Waals surface area contributed by atoms with Crippen molar-refractivity contribution in [2.45, 2.75) is 19.6 Å². The molecule has 0 aliphatic rings. The third-order valence-corrected chi connectivity index (χ3v) is 5.65. The van der Waals surface area contributed by atoms with E-state index in [0.29, 0.717) is 27.7 Å². The van der Waals surface area contributed by atoms with E-state index < -0.39 is 27.3 Å². The van der Waals surface area contributed by atoms with Gasteiger partial charge in [0.1, 0.15) is 22.8 Å². The zero-order valence-corrected chi connectivity index (χ0v) is 18.7. The summed E-state index contributed by atoms with van der Waals surface area (Å²) in [5, 5.41) is 10.8. The van der Waals surface area contributed by atoms with Crippen LogP contribution in [0.1, 0.15) is 17.3 Å². The number of carbonyl (C=O) groups is 1. The SMILES string of the molecule is Cc1noc(C)c1-c1nc(CS(=O)(=O)CC(=O)NNC(=S)Nc2cccc(Cl)c2)no1. The van der Waals surface area contributed by atoms with E-state index in [1.165, 1.54) is 0 Å². The van der Waals surface area contributed by atoms with E-state index in [-0.39, 0.29) is 16.8 Å². The molecule has 11 nitrogen and oxygen atoms in total. The lowest BCUT2D eigenvalue weighted by Crippen LogP contribution is -2.46. The Morgan fingerprint density at radius 2 is 1.97 bits per heavy atom. The molecule has 0 aliphatic carbocycles. The van der Waals surface area contributed by atoms with Gasteiger partial charge in [0.25, 0.3) is 11.8 Å². The number of aromatic nitrogens is 3. The molecular formula is C17H17ClN6O5S2. The normalized spacial score (nSPS) is 11.2. The molecule has 2 heterocycles. The highest BCUT2D eigenvalue weighted by Gasteiger charge is 2.23. The van der Waals surface area contributed by atoms with Crippen LogP contribution in [0.15, 0.2) is 33.3 Å². The maximum atomic E-state index is 12.3. The van der Waals surface area contributed by atoms with E-state index >= 15 is 0 Å². The Morgan fingerprint density at radius 3 is 2.65 bits per heavy atom. The van der Waals surface area contributed by atoms with Gasteiger partial charge in [-0.25, -0.2) is 8.42 Å². The van der Waals surface area contributed by atoms with E-state index in [4.69, 9.17) is 32.9 Å². The van der Waals surface area contributed by atoms with E-state index in [1.807, 2.05) is 0 Å². The summed E-state index contributed by atoms with van der Waals surface area (Å²) < 4.78 is 34.7. The van der Waals surface area contributed by atoms with Gasteiger partial charge in [-0.3, -0.25) is 15.6 Å². The smallest absolute Gasteiger partial charge is 0.263 e. The number of hydrogen-bond donors (Lipinski definition) is 3. The molecule has 0 atom stereocenters. The predicted octanol–water partition coefficient (Wildman–Crippen LogP) is 1.93. The van der Waals surface area contributed by atoms with Gasteiger partial charge in [-0.1, -0.05) is 28.0 Å². The van der Waals surface area contributed by atoms with Crippen molar-refractivity contribution < 1.29 is 22.3 Å². The first kappa shape index (κ1) is 22.7. The van der Waals surface area contributed by atoms with Gasteiger partial charge in [-0.15, -0.1) is 0 Å². The van der Waals surface area contributed by atoms with Crippen LogP contribution in [-0.4, -0.2) is 40.5 Å². The molecule has 0 fully saturated rings. The Balaban J connectivity index is 1.52. The van der Waals surface area contributed by atoms with Crippen LogP contribution < -0.4 is 16.2 Å². The number of hydrogen-bond acceptors (Lipinski definition) is 9. The third kappa shape index (κ3) is 6.23. The number of nitrogens with zero attached hydrogens (tertiary/aromatic N) is 3. The summed E-state index contributed by atoms with van der Waals surface area (Å²) in [6, 6.07) is 6.75. The lowest BCUT2D eigenvalue weighted by molar-refractivity contribution is -0.119. The molecule has 0 bridgehead atoms. The zero-order chi connectivity index (χ0) is 22.6. The molecule has 164 valence electrons. The summed E-state index contributed by atoms with van der Waals surface area (Å²) in [4.78, 5) is 16.0. The zero-order valence-electron chi connectivity index (χ0n) is 16.3. The molecule has 2 aromatic heterocycles. The minimum absolute atomic E-state index is 0.0512.